The van der Waals surface area contributed by atoms with Crippen molar-refractivity contribution in [2.75, 3.05) is 23.7 Å². The van der Waals surface area contributed by atoms with Crippen molar-refractivity contribution in [3.8, 4) is 5.88 Å². The third kappa shape index (κ3) is 3.48. The van der Waals surface area contributed by atoms with Crippen molar-refractivity contribution < 1.29 is 5.11 Å². The number of fused-ring (bicyclic) bond motifs is 1. The van der Waals surface area contributed by atoms with Gasteiger partial charge in [-0.25, -0.2) is 0 Å². The van der Waals surface area contributed by atoms with E-state index in [1.54, 1.807) is 4.57 Å². The Morgan fingerprint density at radius 3 is 2.58 bits per heavy atom. The quantitative estimate of drug-likeness (QED) is 0.649. The minimum absolute atomic E-state index is 0. The first-order valence-corrected chi connectivity index (χ1v) is 7.39. The second kappa shape index (κ2) is 7.57. The molecule has 0 amide bonds. The summed E-state index contributed by atoms with van der Waals surface area (Å²) in [6, 6.07) is 0. The summed E-state index contributed by atoms with van der Waals surface area (Å²) in [4.78, 5) is 18.5. The van der Waals surface area contributed by atoms with E-state index < -0.39 is 0 Å². The normalized spacial score (nSPS) is 12.9. The Morgan fingerprint density at radius 2 is 2.00 bits per heavy atom. The molecule has 0 aliphatic carbocycles. The van der Waals surface area contributed by atoms with Crippen LogP contribution in [0.2, 0.25) is 0 Å². The Hall–Kier alpha value is -0.170. The summed E-state index contributed by atoms with van der Waals surface area (Å²) in [6.07, 6.45) is 1.88. The van der Waals surface area contributed by atoms with Gasteiger partial charge in [0.1, 0.15) is 0 Å². The van der Waals surface area contributed by atoms with Crippen LogP contribution in [0.5, 0.6) is 5.88 Å². The molecule has 1 aliphatic heterocycles. The van der Waals surface area contributed by atoms with Crippen molar-refractivity contribution in [1.29, 1.82) is 0 Å². The standard InChI is InChI=1S/C12H19N3O2S.Na.H/c1-3-5-14(6-4-2)9-10(16)13-12-15(11(9)17)7-8-18-12;;/h16H,3-8H2,1-2H3;;. The summed E-state index contributed by atoms with van der Waals surface area (Å²) in [5, 5.41) is 10.6. The van der Waals surface area contributed by atoms with Gasteiger partial charge in [0, 0.05) is 25.4 Å². The van der Waals surface area contributed by atoms with Crippen molar-refractivity contribution in [3.05, 3.63) is 10.4 Å². The second-order valence-corrected chi connectivity index (χ2v) is 5.42. The van der Waals surface area contributed by atoms with Crippen LogP contribution in [-0.4, -0.2) is 63.1 Å². The number of hydrogen-bond acceptors (Lipinski definition) is 5. The summed E-state index contributed by atoms with van der Waals surface area (Å²) >= 11 is 1.52. The Balaban J connectivity index is 0.00000180. The van der Waals surface area contributed by atoms with Crippen LogP contribution in [0.3, 0.4) is 0 Å². The molecule has 19 heavy (non-hydrogen) atoms. The van der Waals surface area contributed by atoms with Gasteiger partial charge in [-0.15, -0.1) is 0 Å². The molecule has 0 bridgehead atoms. The van der Waals surface area contributed by atoms with Gasteiger partial charge in [-0.2, -0.15) is 4.98 Å². The number of thioether (sulfide) groups is 1. The molecular weight excluding hydrogens is 273 g/mol. The number of rotatable bonds is 5. The van der Waals surface area contributed by atoms with Gasteiger partial charge >= 0.3 is 29.6 Å². The molecule has 2 heterocycles. The van der Waals surface area contributed by atoms with Gasteiger partial charge in [-0.3, -0.25) is 9.36 Å². The van der Waals surface area contributed by atoms with E-state index in [2.05, 4.69) is 18.8 Å². The van der Waals surface area contributed by atoms with Crippen LogP contribution in [0.15, 0.2) is 9.95 Å². The Bertz CT molecular complexity index is 487. The second-order valence-electron chi connectivity index (χ2n) is 4.36. The molecule has 7 heteroatoms. The van der Waals surface area contributed by atoms with Gasteiger partial charge in [0.15, 0.2) is 10.8 Å². The summed E-state index contributed by atoms with van der Waals surface area (Å²) < 4.78 is 1.66. The third-order valence-electron chi connectivity index (χ3n) is 2.94. The molecule has 1 aromatic rings. The summed E-state index contributed by atoms with van der Waals surface area (Å²) in [6.45, 7) is 6.35. The van der Waals surface area contributed by atoms with Crippen molar-refractivity contribution >= 4 is 47.0 Å². The van der Waals surface area contributed by atoms with Gasteiger partial charge in [0.05, 0.1) is 0 Å². The fraction of sp³-hybridized carbons (Fsp3) is 0.667. The molecule has 2 rings (SSSR count). The summed E-state index contributed by atoms with van der Waals surface area (Å²) in [7, 11) is 0. The zero-order valence-corrected chi connectivity index (χ0v) is 11.7. The average molecular weight is 293 g/mol. The minimum atomic E-state index is -0.123. The maximum absolute atomic E-state index is 12.4. The fourth-order valence-electron chi connectivity index (χ4n) is 2.20. The predicted octanol–water partition coefficient (Wildman–Crippen LogP) is 1.03. The van der Waals surface area contributed by atoms with Crippen LogP contribution in [-0.2, 0) is 6.54 Å². The first-order valence-electron chi connectivity index (χ1n) is 6.40. The zero-order chi connectivity index (χ0) is 13.1. The van der Waals surface area contributed by atoms with Crippen LogP contribution in [0.4, 0.5) is 5.69 Å². The Labute approximate surface area is 139 Å². The van der Waals surface area contributed by atoms with Crippen molar-refractivity contribution in [3.63, 3.8) is 0 Å². The van der Waals surface area contributed by atoms with Gasteiger partial charge in [-0.05, 0) is 12.8 Å². The van der Waals surface area contributed by atoms with Gasteiger partial charge < -0.3 is 10.0 Å². The third-order valence-corrected chi connectivity index (χ3v) is 3.90. The maximum atomic E-state index is 12.4. The molecule has 0 spiro atoms. The average Bonchev–Trinajstić information content (AvgIpc) is 2.77. The van der Waals surface area contributed by atoms with Crippen molar-refractivity contribution in [1.82, 2.24) is 9.55 Å². The molecule has 0 atom stereocenters. The first-order chi connectivity index (χ1) is 8.69. The summed E-state index contributed by atoms with van der Waals surface area (Å²) in [5.74, 6) is 0.731. The van der Waals surface area contributed by atoms with E-state index in [4.69, 9.17) is 0 Å². The Morgan fingerprint density at radius 1 is 1.37 bits per heavy atom. The Kier molecular flexibility index (Phi) is 6.73. The number of aromatic nitrogens is 2. The molecule has 0 aromatic carbocycles. The molecule has 102 valence electrons. The molecule has 0 radical (unpaired) electrons. The number of anilines is 1. The van der Waals surface area contributed by atoms with Gasteiger partial charge in [0.2, 0.25) is 5.88 Å². The van der Waals surface area contributed by atoms with Crippen LogP contribution >= 0.6 is 11.8 Å². The number of aromatic hydroxyl groups is 1. The van der Waals surface area contributed by atoms with E-state index in [-0.39, 0.29) is 41.0 Å². The SMILES string of the molecule is CCCN(CCC)c1c(O)nc2n(c1=O)CCS2.[NaH]. The molecular formula is C12H20N3NaO2S. The van der Waals surface area contributed by atoms with Gasteiger partial charge in [-0.1, -0.05) is 25.6 Å². The van der Waals surface area contributed by atoms with E-state index in [0.717, 1.165) is 31.7 Å². The molecule has 1 aliphatic rings. The number of nitrogens with zero attached hydrogens (tertiary/aromatic N) is 3. The van der Waals surface area contributed by atoms with E-state index in [9.17, 15) is 9.90 Å². The van der Waals surface area contributed by atoms with E-state index in [1.807, 2.05) is 4.90 Å². The fourth-order valence-corrected chi connectivity index (χ4v) is 3.14. The topological polar surface area (TPSA) is 58.4 Å². The monoisotopic (exact) mass is 293 g/mol. The molecule has 1 aromatic heterocycles. The van der Waals surface area contributed by atoms with Crippen LogP contribution in [0.1, 0.15) is 26.7 Å². The predicted molar refractivity (Wildman–Crippen MR) is 80.8 cm³/mol. The molecule has 0 saturated carbocycles. The number of hydrogen-bond donors (Lipinski definition) is 1. The molecule has 0 fully saturated rings. The van der Waals surface area contributed by atoms with E-state index in [0.29, 0.717) is 17.4 Å². The molecule has 0 unspecified atom stereocenters. The van der Waals surface area contributed by atoms with Crippen molar-refractivity contribution in [2.45, 2.75) is 38.4 Å². The molecule has 1 N–H and O–H groups in total. The van der Waals surface area contributed by atoms with Crippen LogP contribution < -0.4 is 10.5 Å². The van der Waals surface area contributed by atoms with Crippen LogP contribution in [0.25, 0.3) is 0 Å². The van der Waals surface area contributed by atoms with E-state index >= 15 is 0 Å². The van der Waals surface area contributed by atoms with E-state index in [1.165, 1.54) is 11.8 Å². The molecule has 0 saturated heterocycles. The summed E-state index contributed by atoms with van der Waals surface area (Å²) in [5.41, 5.74) is 0.259. The zero-order valence-electron chi connectivity index (χ0n) is 10.8. The van der Waals surface area contributed by atoms with Gasteiger partial charge in [0.25, 0.3) is 5.56 Å². The van der Waals surface area contributed by atoms with Crippen molar-refractivity contribution in [2.24, 2.45) is 0 Å². The molecule has 5 nitrogen and oxygen atoms in total. The van der Waals surface area contributed by atoms with Crippen LogP contribution in [0, 0.1) is 0 Å². The first kappa shape index (κ1) is 16.9.